The van der Waals surface area contributed by atoms with Crippen molar-refractivity contribution in [2.24, 2.45) is 0 Å². The van der Waals surface area contributed by atoms with Crippen LogP contribution < -0.4 is 10.2 Å². The van der Waals surface area contributed by atoms with Crippen LogP contribution in [-0.4, -0.2) is 42.1 Å². The normalized spacial score (nSPS) is 18.8. The molecule has 1 fully saturated rings. The van der Waals surface area contributed by atoms with Crippen molar-refractivity contribution >= 4 is 23.0 Å². The molecule has 10 heteroatoms. The number of alkyl halides is 5. The molecule has 0 saturated carbocycles. The van der Waals surface area contributed by atoms with E-state index in [-0.39, 0.29) is 12.6 Å². The van der Waals surface area contributed by atoms with E-state index in [1.54, 1.807) is 34.5 Å². The zero-order chi connectivity index (χ0) is 18.2. The van der Waals surface area contributed by atoms with Crippen molar-refractivity contribution in [3.8, 4) is 0 Å². The van der Waals surface area contributed by atoms with Gasteiger partial charge in [0.2, 0.25) is 0 Å². The van der Waals surface area contributed by atoms with Crippen LogP contribution in [0.5, 0.6) is 0 Å². The molecule has 2 heterocycles. The van der Waals surface area contributed by atoms with Crippen molar-refractivity contribution in [3.05, 3.63) is 24.3 Å². The second-order valence-electron chi connectivity index (χ2n) is 5.74. The predicted octanol–water partition coefficient (Wildman–Crippen LogP) is 3.11. The Morgan fingerprint density at radius 2 is 2.00 bits per heavy atom. The molecule has 3 rings (SSSR count). The average molecular weight is 363 g/mol. The molecule has 5 nitrogen and oxygen atoms in total. The summed E-state index contributed by atoms with van der Waals surface area (Å²) in [5.74, 6) is -7.78. The molecule has 1 N–H and O–H groups in total. The van der Waals surface area contributed by atoms with Crippen LogP contribution in [0, 0.1) is 0 Å². The number of rotatable bonds is 4. The summed E-state index contributed by atoms with van der Waals surface area (Å²) in [5, 5.41) is 1.68. The van der Waals surface area contributed by atoms with Crippen molar-refractivity contribution < 1.29 is 31.2 Å². The van der Waals surface area contributed by atoms with Gasteiger partial charge in [0.1, 0.15) is 5.52 Å². The summed E-state index contributed by atoms with van der Waals surface area (Å²) in [6.07, 6.45) is -4.74. The van der Waals surface area contributed by atoms with E-state index >= 15 is 0 Å². The van der Waals surface area contributed by atoms with E-state index in [1.165, 1.54) is 0 Å². The summed E-state index contributed by atoms with van der Waals surface area (Å²) in [4.78, 5) is 17.2. The Labute approximate surface area is 138 Å². The van der Waals surface area contributed by atoms with Gasteiger partial charge >= 0.3 is 12.1 Å². The van der Waals surface area contributed by atoms with Crippen molar-refractivity contribution in [1.29, 1.82) is 0 Å². The van der Waals surface area contributed by atoms with Gasteiger partial charge in [-0.1, -0.05) is 12.1 Å². The highest BCUT2D eigenvalue weighted by Gasteiger charge is 2.63. The number of carbonyl (C=O) groups excluding carboxylic acids is 1. The molecule has 0 aliphatic carbocycles. The summed E-state index contributed by atoms with van der Waals surface area (Å²) in [6, 6.07) is 6.76. The van der Waals surface area contributed by atoms with E-state index in [9.17, 15) is 26.7 Å². The number of nitrogens with one attached hydrogen (secondary N) is 1. The van der Waals surface area contributed by atoms with Gasteiger partial charge in [-0.05, 0) is 25.0 Å². The minimum absolute atomic E-state index is 0.250. The lowest BCUT2D eigenvalue weighted by Crippen LogP contribution is -2.52. The number of amides is 1. The van der Waals surface area contributed by atoms with E-state index in [0.29, 0.717) is 30.5 Å². The van der Waals surface area contributed by atoms with E-state index < -0.39 is 24.0 Å². The minimum Gasteiger partial charge on any atom is -0.423 e. The number of anilines is 1. The van der Waals surface area contributed by atoms with Crippen molar-refractivity contribution in [2.75, 3.05) is 18.0 Å². The standard InChI is InChI=1S/C15H14F5N3O2/c16-14(17,15(18,19)20)12(24)21-8-9-4-3-7-23(9)13-22-10-5-1-2-6-11(10)25-13/h1-2,5-6,9H,3-4,7-8H2,(H,21,24). The molecule has 1 saturated heterocycles. The second kappa shape index (κ2) is 6.16. The van der Waals surface area contributed by atoms with Crippen LogP contribution in [0.2, 0.25) is 0 Å². The maximum Gasteiger partial charge on any atom is 0.463 e. The summed E-state index contributed by atoms with van der Waals surface area (Å²) >= 11 is 0. The number of halogens is 5. The van der Waals surface area contributed by atoms with Crippen molar-refractivity contribution in [3.63, 3.8) is 0 Å². The number of para-hydroxylation sites is 2. The van der Waals surface area contributed by atoms with Crippen LogP contribution in [0.1, 0.15) is 12.8 Å². The lowest BCUT2D eigenvalue weighted by molar-refractivity contribution is -0.269. The number of carbonyl (C=O) groups is 1. The Kier molecular flexibility index (Phi) is 4.29. The number of oxazole rings is 1. The number of benzene rings is 1. The second-order valence-corrected chi connectivity index (χ2v) is 5.74. The third-order valence-electron chi connectivity index (χ3n) is 4.04. The highest BCUT2D eigenvalue weighted by atomic mass is 19.4. The SMILES string of the molecule is O=C(NCC1CCCN1c1nc2ccccc2o1)C(F)(F)C(F)(F)F. The molecule has 1 amide bonds. The van der Waals surface area contributed by atoms with Crippen LogP contribution in [0.25, 0.3) is 11.1 Å². The maximum absolute atomic E-state index is 13.0. The van der Waals surface area contributed by atoms with E-state index in [0.717, 1.165) is 0 Å². The Hall–Kier alpha value is -2.39. The molecular formula is C15H14F5N3O2. The number of aromatic nitrogens is 1. The Morgan fingerprint density at radius 3 is 2.68 bits per heavy atom. The fourth-order valence-corrected chi connectivity index (χ4v) is 2.73. The molecule has 2 aromatic rings. The van der Waals surface area contributed by atoms with Gasteiger partial charge < -0.3 is 14.6 Å². The van der Waals surface area contributed by atoms with Gasteiger partial charge in [-0.15, -0.1) is 0 Å². The van der Waals surface area contributed by atoms with E-state index in [2.05, 4.69) is 4.98 Å². The first-order chi connectivity index (χ1) is 11.7. The summed E-state index contributed by atoms with van der Waals surface area (Å²) in [7, 11) is 0. The molecule has 1 aliphatic rings. The predicted molar refractivity (Wildman–Crippen MR) is 78.4 cm³/mol. The molecule has 0 bridgehead atoms. The third-order valence-corrected chi connectivity index (χ3v) is 4.04. The van der Waals surface area contributed by atoms with Gasteiger partial charge in [-0.2, -0.15) is 26.9 Å². The molecule has 136 valence electrons. The minimum atomic E-state index is -5.92. The maximum atomic E-state index is 13.0. The van der Waals surface area contributed by atoms with E-state index in [4.69, 9.17) is 4.42 Å². The molecule has 0 spiro atoms. The summed E-state index contributed by atoms with van der Waals surface area (Å²) < 4.78 is 68.1. The highest BCUT2D eigenvalue weighted by Crippen LogP contribution is 2.35. The van der Waals surface area contributed by atoms with Gasteiger partial charge in [0.05, 0.1) is 6.04 Å². The molecule has 1 aliphatic heterocycles. The molecular weight excluding hydrogens is 349 g/mol. The lowest BCUT2D eigenvalue weighted by Gasteiger charge is -2.24. The van der Waals surface area contributed by atoms with Crippen LogP contribution in [0.4, 0.5) is 28.0 Å². The highest BCUT2D eigenvalue weighted by molar-refractivity contribution is 5.84. The van der Waals surface area contributed by atoms with Gasteiger partial charge in [0.15, 0.2) is 5.58 Å². The number of fused-ring (bicyclic) bond motifs is 1. The van der Waals surface area contributed by atoms with Crippen molar-refractivity contribution in [2.45, 2.75) is 31.0 Å². The van der Waals surface area contributed by atoms with Crippen molar-refractivity contribution in [1.82, 2.24) is 10.3 Å². The number of hydrogen-bond acceptors (Lipinski definition) is 4. The zero-order valence-corrected chi connectivity index (χ0v) is 12.8. The summed E-state index contributed by atoms with van der Waals surface area (Å²) in [5.41, 5.74) is 1.14. The van der Waals surface area contributed by atoms with Gasteiger partial charge in [0.25, 0.3) is 11.9 Å². The molecule has 1 atom stereocenters. The average Bonchev–Trinajstić information content (AvgIpc) is 3.17. The Balaban J connectivity index is 1.69. The van der Waals surface area contributed by atoms with Crippen LogP contribution >= 0.6 is 0 Å². The molecule has 1 aromatic carbocycles. The quantitative estimate of drug-likeness (QED) is 0.848. The monoisotopic (exact) mass is 363 g/mol. The number of hydrogen-bond donors (Lipinski definition) is 1. The number of nitrogens with zero attached hydrogens (tertiary/aromatic N) is 2. The van der Waals surface area contributed by atoms with Gasteiger partial charge in [-0.25, -0.2) is 0 Å². The summed E-state index contributed by atoms with van der Waals surface area (Å²) in [6.45, 7) is 0.145. The third kappa shape index (κ3) is 3.24. The molecule has 0 radical (unpaired) electrons. The van der Waals surface area contributed by atoms with Gasteiger partial charge in [0, 0.05) is 13.1 Å². The van der Waals surface area contributed by atoms with Crippen LogP contribution in [0.15, 0.2) is 28.7 Å². The lowest BCUT2D eigenvalue weighted by atomic mass is 10.2. The van der Waals surface area contributed by atoms with E-state index in [1.807, 2.05) is 0 Å². The smallest absolute Gasteiger partial charge is 0.423 e. The molecule has 1 aromatic heterocycles. The molecule has 25 heavy (non-hydrogen) atoms. The van der Waals surface area contributed by atoms with Crippen LogP contribution in [-0.2, 0) is 4.79 Å². The topological polar surface area (TPSA) is 58.4 Å². The Bertz CT molecular complexity index is 741. The fraction of sp³-hybridized carbons (Fsp3) is 0.467. The first-order valence-corrected chi connectivity index (χ1v) is 7.55. The molecule has 1 unspecified atom stereocenters. The largest absolute Gasteiger partial charge is 0.463 e. The first-order valence-electron chi connectivity index (χ1n) is 7.55. The fourth-order valence-electron chi connectivity index (χ4n) is 2.73. The Morgan fingerprint density at radius 1 is 1.28 bits per heavy atom. The van der Waals surface area contributed by atoms with Crippen LogP contribution in [0.3, 0.4) is 0 Å². The first kappa shape index (κ1) is 17.4. The van der Waals surface area contributed by atoms with Gasteiger partial charge in [-0.3, -0.25) is 4.79 Å². The zero-order valence-electron chi connectivity index (χ0n) is 12.8.